The average molecular weight is 340 g/mol. The summed E-state index contributed by atoms with van der Waals surface area (Å²) < 4.78 is 5.40. The molecule has 0 aliphatic heterocycles. The van der Waals surface area contributed by atoms with Crippen LogP contribution in [0.4, 0.5) is 0 Å². The summed E-state index contributed by atoms with van der Waals surface area (Å²) in [4.78, 5) is 0. The van der Waals surface area contributed by atoms with Crippen molar-refractivity contribution in [1.29, 1.82) is 0 Å². The van der Waals surface area contributed by atoms with Crippen molar-refractivity contribution in [3.63, 3.8) is 0 Å². The zero-order valence-corrected chi connectivity index (χ0v) is 13.0. The fraction of sp³-hybridized carbons (Fsp3) is 0.0667. The third kappa shape index (κ3) is 3.84. The summed E-state index contributed by atoms with van der Waals surface area (Å²) >= 11 is 11.9. The van der Waals surface area contributed by atoms with E-state index in [0.29, 0.717) is 15.8 Å². The molecule has 0 atom stereocenters. The van der Waals surface area contributed by atoms with E-state index in [0.717, 1.165) is 11.1 Å². The van der Waals surface area contributed by atoms with E-state index in [9.17, 15) is 0 Å². The maximum absolute atomic E-state index is 9.03. The largest absolute Gasteiger partial charge is 0.440 e. The van der Waals surface area contributed by atoms with Gasteiger partial charge in [0.1, 0.15) is 11.4 Å². The highest BCUT2D eigenvalue weighted by atomic mass is 35.5. The molecule has 0 bridgehead atoms. The minimum atomic E-state index is -0.344. The molecule has 0 saturated heterocycles. The normalized spacial score (nSPS) is 11.8. The average Bonchev–Trinajstić information content (AvgIpc) is 2.52. The Morgan fingerprint density at radius 2 is 1.68 bits per heavy atom. The van der Waals surface area contributed by atoms with Crippen LogP contribution in [0.2, 0.25) is 10.0 Å². The molecule has 2 aromatic carbocycles. The lowest BCUT2D eigenvalue weighted by Crippen LogP contribution is -2.28. The van der Waals surface area contributed by atoms with Gasteiger partial charge >= 0.3 is 0 Å². The maximum Gasteiger partial charge on any atom is 0.213 e. The van der Waals surface area contributed by atoms with E-state index >= 15 is 0 Å². The van der Waals surface area contributed by atoms with Crippen LogP contribution in [0, 0.1) is 0 Å². The Bertz CT molecular complexity index is 682. The predicted octanol–water partition coefficient (Wildman–Crippen LogP) is 2.62. The Morgan fingerprint density at radius 1 is 1.05 bits per heavy atom. The first-order chi connectivity index (χ1) is 10.5. The second-order valence-corrected chi connectivity index (χ2v) is 5.21. The van der Waals surface area contributed by atoms with Gasteiger partial charge in [0.15, 0.2) is 0 Å². The van der Waals surface area contributed by atoms with Crippen molar-refractivity contribution in [2.24, 2.45) is 11.6 Å². The zero-order valence-electron chi connectivity index (χ0n) is 11.5. The summed E-state index contributed by atoms with van der Waals surface area (Å²) in [6, 6.07) is 12.6. The van der Waals surface area contributed by atoms with Gasteiger partial charge in [0, 0.05) is 0 Å². The molecule has 22 heavy (non-hydrogen) atoms. The number of hydrogen-bond acceptors (Lipinski definition) is 5. The van der Waals surface area contributed by atoms with Crippen LogP contribution in [-0.4, -0.2) is 11.7 Å². The Balaban J connectivity index is 2.20. The Kier molecular flexibility index (Phi) is 5.51. The molecule has 0 aliphatic rings. The van der Waals surface area contributed by atoms with E-state index in [4.69, 9.17) is 44.6 Å². The zero-order chi connectivity index (χ0) is 16.1. The van der Waals surface area contributed by atoms with Crippen molar-refractivity contribution in [3.05, 3.63) is 64.1 Å². The van der Waals surface area contributed by atoms with Gasteiger partial charge in [0.05, 0.1) is 16.7 Å². The third-order valence-electron chi connectivity index (χ3n) is 2.96. The first-order valence-electron chi connectivity index (χ1n) is 6.34. The van der Waals surface area contributed by atoms with Crippen molar-refractivity contribution in [2.45, 2.75) is 0 Å². The summed E-state index contributed by atoms with van der Waals surface area (Å²) in [5.41, 5.74) is 10.0. The summed E-state index contributed by atoms with van der Waals surface area (Å²) in [7, 11) is 0. The van der Waals surface area contributed by atoms with E-state index < -0.39 is 0 Å². The summed E-state index contributed by atoms with van der Waals surface area (Å²) in [6.07, 6.45) is 0. The fourth-order valence-corrected chi connectivity index (χ4v) is 2.07. The molecule has 0 heterocycles. The predicted molar refractivity (Wildman–Crippen MR) is 88.1 cm³/mol. The molecule has 0 unspecified atom stereocenters. The fourth-order valence-electron chi connectivity index (χ4n) is 1.77. The maximum atomic E-state index is 9.03. The number of halogens is 2. The van der Waals surface area contributed by atoms with Crippen molar-refractivity contribution < 1.29 is 9.84 Å². The standard InChI is InChI=1S/C15H15Cl2N3O2/c16-12-6-3-10(7-13(12)17)9-1-4-11(5-2-9)22-15(18)14(8-21)20-19/h1-7,20-21H,8,18-19H2/b15-14+. The van der Waals surface area contributed by atoms with Gasteiger partial charge < -0.3 is 21.0 Å². The van der Waals surface area contributed by atoms with Gasteiger partial charge in [-0.3, -0.25) is 5.84 Å². The molecule has 2 aromatic rings. The minimum absolute atomic E-state index is 0.00675. The van der Waals surface area contributed by atoms with Crippen molar-refractivity contribution in [1.82, 2.24) is 5.43 Å². The molecule has 0 saturated carbocycles. The number of aliphatic hydroxyl groups is 1. The van der Waals surface area contributed by atoms with Crippen molar-refractivity contribution >= 4 is 23.2 Å². The Labute approximate surface area is 138 Å². The van der Waals surface area contributed by atoms with E-state index in [1.807, 2.05) is 18.2 Å². The highest BCUT2D eigenvalue weighted by Gasteiger charge is 2.05. The molecule has 0 fully saturated rings. The number of nitrogens with one attached hydrogen (secondary N) is 1. The number of aliphatic hydroxyl groups excluding tert-OH is 1. The van der Waals surface area contributed by atoms with Crippen LogP contribution < -0.4 is 21.7 Å². The molecule has 7 heteroatoms. The molecule has 0 radical (unpaired) electrons. The minimum Gasteiger partial charge on any atom is -0.440 e. The summed E-state index contributed by atoms with van der Waals surface area (Å²) in [6.45, 7) is -0.344. The monoisotopic (exact) mass is 339 g/mol. The van der Waals surface area contributed by atoms with E-state index in [-0.39, 0.29) is 18.2 Å². The van der Waals surface area contributed by atoms with Crippen LogP contribution >= 0.6 is 23.2 Å². The van der Waals surface area contributed by atoms with Gasteiger partial charge in [-0.1, -0.05) is 41.4 Å². The smallest absolute Gasteiger partial charge is 0.213 e. The van der Waals surface area contributed by atoms with Crippen molar-refractivity contribution in [2.75, 3.05) is 6.61 Å². The van der Waals surface area contributed by atoms with Crippen LogP contribution in [0.25, 0.3) is 11.1 Å². The molecule has 0 spiro atoms. The number of hydrogen-bond donors (Lipinski definition) is 4. The molecule has 116 valence electrons. The highest BCUT2D eigenvalue weighted by molar-refractivity contribution is 6.42. The number of ether oxygens (including phenoxy) is 1. The quantitative estimate of drug-likeness (QED) is 0.381. The lowest BCUT2D eigenvalue weighted by atomic mass is 10.1. The van der Waals surface area contributed by atoms with Gasteiger partial charge in [-0.05, 0) is 35.4 Å². The summed E-state index contributed by atoms with van der Waals surface area (Å²) in [5, 5.41) is 10.0. The van der Waals surface area contributed by atoms with Crippen LogP contribution in [-0.2, 0) is 0 Å². The van der Waals surface area contributed by atoms with Gasteiger partial charge in [-0.25, -0.2) is 0 Å². The molecule has 0 aromatic heterocycles. The Hall–Kier alpha value is -1.92. The van der Waals surface area contributed by atoms with E-state index in [1.54, 1.807) is 24.3 Å². The van der Waals surface area contributed by atoms with Crippen LogP contribution in [0.1, 0.15) is 0 Å². The molecule has 6 N–H and O–H groups in total. The lowest BCUT2D eigenvalue weighted by Gasteiger charge is -2.11. The lowest BCUT2D eigenvalue weighted by molar-refractivity contribution is 0.305. The molecular weight excluding hydrogens is 325 g/mol. The molecular formula is C15H15Cl2N3O2. The number of hydrazine groups is 1. The number of benzene rings is 2. The third-order valence-corrected chi connectivity index (χ3v) is 3.70. The summed E-state index contributed by atoms with van der Waals surface area (Å²) in [5.74, 6) is 5.74. The van der Waals surface area contributed by atoms with Gasteiger partial charge in [0.2, 0.25) is 5.88 Å². The van der Waals surface area contributed by atoms with Crippen LogP contribution in [0.5, 0.6) is 5.75 Å². The van der Waals surface area contributed by atoms with Crippen LogP contribution in [0.15, 0.2) is 54.0 Å². The van der Waals surface area contributed by atoms with Crippen molar-refractivity contribution in [3.8, 4) is 16.9 Å². The van der Waals surface area contributed by atoms with Gasteiger partial charge in [0.25, 0.3) is 0 Å². The second kappa shape index (κ2) is 7.38. The Morgan fingerprint density at radius 3 is 2.23 bits per heavy atom. The number of nitrogens with two attached hydrogens (primary N) is 2. The topological polar surface area (TPSA) is 93.5 Å². The SMILES string of the molecule is NN/C(CO)=C(\N)Oc1ccc(-c2ccc(Cl)c(Cl)c2)cc1. The highest BCUT2D eigenvalue weighted by Crippen LogP contribution is 2.29. The second-order valence-electron chi connectivity index (χ2n) is 4.40. The van der Waals surface area contributed by atoms with E-state index in [2.05, 4.69) is 5.43 Å². The molecule has 2 rings (SSSR count). The molecule has 5 nitrogen and oxygen atoms in total. The van der Waals surface area contributed by atoms with Gasteiger partial charge in [-0.2, -0.15) is 0 Å². The van der Waals surface area contributed by atoms with Gasteiger partial charge in [-0.15, -0.1) is 0 Å². The molecule has 0 amide bonds. The molecule has 0 aliphatic carbocycles. The van der Waals surface area contributed by atoms with E-state index in [1.165, 1.54) is 0 Å². The number of rotatable bonds is 5. The first-order valence-corrected chi connectivity index (χ1v) is 7.10. The van der Waals surface area contributed by atoms with Crippen LogP contribution in [0.3, 0.4) is 0 Å². The first kappa shape index (κ1) is 16.5.